The van der Waals surface area contributed by atoms with Gasteiger partial charge in [-0.25, -0.2) is 13.1 Å². The molecule has 2 N–H and O–H groups in total. The summed E-state index contributed by atoms with van der Waals surface area (Å²) in [6.45, 7) is 1.81. The van der Waals surface area contributed by atoms with Gasteiger partial charge in [0.2, 0.25) is 5.91 Å². The van der Waals surface area contributed by atoms with Crippen molar-refractivity contribution >= 4 is 27.5 Å². The van der Waals surface area contributed by atoms with Crippen LogP contribution in [0, 0.1) is 0 Å². The molecule has 3 aromatic rings. The van der Waals surface area contributed by atoms with Crippen molar-refractivity contribution in [3.8, 4) is 5.75 Å². The van der Waals surface area contributed by atoms with Crippen LogP contribution in [0.5, 0.6) is 5.75 Å². The molecular formula is C27H31ClN2O4S. The van der Waals surface area contributed by atoms with Crippen LogP contribution in [-0.2, 0) is 27.7 Å². The van der Waals surface area contributed by atoms with E-state index in [4.69, 9.17) is 16.3 Å². The molecular weight excluding hydrogens is 484 g/mol. The molecule has 186 valence electrons. The van der Waals surface area contributed by atoms with Crippen LogP contribution in [0.2, 0.25) is 5.02 Å². The molecule has 0 fully saturated rings. The number of hydrogen-bond acceptors (Lipinski definition) is 5. The molecule has 3 rings (SSSR count). The summed E-state index contributed by atoms with van der Waals surface area (Å²) in [4.78, 5) is 12.0. The van der Waals surface area contributed by atoms with E-state index in [1.807, 2.05) is 18.2 Å². The first kappa shape index (κ1) is 26.7. The Bertz CT molecular complexity index is 1170. The van der Waals surface area contributed by atoms with Crippen molar-refractivity contribution in [3.05, 3.63) is 95.0 Å². The van der Waals surface area contributed by atoms with E-state index in [0.717, 1.165) is 38.0 Å². The van der Waals surface area contributed by atoms with E-state index in [2.05, 4.69) is 46.4 Å². The maximum absolute atomic E-state index is 12.2. The predicted molar refractivity (Wildman–Crippen MR) is 139 cm³/mol. The summed E-state index contributed by atoms with van der Waals surface area (Å²) in [6.07, 6.45) is 3.85. The van der Waals surface area contributed by atoms with Crippen LogP contribution in [0.3, 0.4) is 0 Å². The second-order valence-corrected chi connectivity index (χ2v) is 10.3. The predicted octanol–water partition coefficient (Wildman–Crippen LogP) is 4.77. The summed E-state index contributed by atoms with van der Waals surface area (Å²) in [5.41, 5.74) is 2.54. The SMILES string of the molecule is O=C(CCNCCCc1ccc(OCCCc2ccccc2)cc1)NS(=O)(=O)c1cccc(Cl)c1. The molecule has 0 saturated heterocycles. The Labute approximate surface area is 212 Å². The molecule has 0 heterocycles. The van der Waals surface area contributed by atoms with Crippen molar-refractivity contribution in [2.45, 2.75) is 37.0 Å². The van der Waals surface area contributed by atoms with Crippen LogP contribution in [0.15, 0.2) is 83.8 Å². The minimum atomic E-state index is -3.91. The van der Waals surface area contributed by atoms with Gasteiger partial charge in [-0.05, 0) is 73.7 Å². The summed E-state index contributed by atoms with van der Waals surface area (Å²) < 4.78 is 32.3. The number of benzene rings is 3. The highest BCUT2D eigenvalue weighted by atomic mass is 35.5. The number of carbonyl (C=O) groups excluding carboxylic acids is 1. The fraction of sp³-hybridized carbons (Fsp3) is 0.296. The number of amides is 1. The highest BCUT2D eigenvalue weighted by Gasteiger charge is 2.17. The molecule has 0 atom stereocenters. The van der Waals surface area contributed by atoms with Gasteiger partial charge >= 0.3 is 0 Å². The van der Waals surface area contributed by atoms with E-state index in [1.54, 1.807) is 6.07 Å². The Hall–Kier alpha value is -2.87. The number of hydrogen-bond donors (Lipinski definition) is 2. The van der Waals surface area contributed by atoms with Gasteiger partial charge in [-0.3, -0.25) is 4.79 Å². The monoisotopic (exact) mass is 514 g/mol. The number of carbonyl (C=O) groups is 1. The van der Waals surface area contributed by atoms with E-state index >= 15 is 0 Å². The number of halogens is 1. The third-order valence-electron chi connectivity index (χ3n) is 5.35. The van der Waals surface area contributed by atoms with Crippen LogP contribution < -0.4 is 14.8 Å². The quantitative estimate of drug-likeness (QED) is 0.303. The first-order valence-corrected chi connectivity index (χ1v) is 13.6. The maximum Gasteiger partial charge on any atom is 0.264 e. The van der Waals surface area contributed by atoms with Crippen LogP contribution in [0.4, 0.5) is 0 Å². The van der Waals surface area contributed by atoms with Gasteiger partial charge in [0.25, 0.3) is 10.0 Å². The first-order chi connectivity index (χ1) is 16.9. The zero-order valence-electron chi connectivity index (χ0n) is 19.6. The second-order valence-electron chi connectivity index (χ2n) is 8.17. The minimum Gasteiger partial charge on any atom is -0.494 e. The van der Waals surface area contributed by atoms with Crippen molar-refractivity contribution in [2.75, 3.05) is 19.7 Å². The fourth-order valence-corrected chi connectivity index (χ4v) is 4.82. The Balaban J connectivity index is 1.26. The topological polar surface area (TPSA) is 84.5 Å². The van der Waals surface area contributed by atoms with E-state index in [1.165, 1.54) is 29.3 Å². The Morgan fingerprint density at radius 1 is 0.829 bits per heavy atom. The Morgan fingerprint density at radius 3 is 2.29 bits per heavy atom. The first-order valence-electron chi connectivity index (χ1n) is 11.7. The molecule has 0 saturated carbocycles. The highest BCUT2D eigenvalue weighted by molar-refractivity contribution is 7.90. The molecule has 0 aromatic heterocycles. The third kappa shape index (κ3) is 9.72. The number of nitrogens with one attached hydrogen (secondary N) is 2. The lowest BCUT2D eigenvalue weighted by atomic mass is 10.1. The van der Waals surface area contributed by atoms with E-state index in [-0.39, 0.29) is 11.3 Å². The third-order valence-corrected chi connectivity index (χ3v) is 6.95. The van der Waals surface area contributed by atoms with Crippen LogP contribution in [-0.4, -0.2) is 34.0 Å². The average Bonchev–Trinajstić information content (AvgIpc) is 2.85. The number of sulfonamides is 1. The molecule has 0 radical (unpaired) electrons. The Kier molecular flexibility index (Phi) is 10.6. The van der Waals surface area contributed by atoms with Crippen molar-refractivity contribution < 1.29 is 17.9 Å². The van der Waals surface area contributed by atoms with E-state index < -0.39 is 15.9 Å². The van der Waals surface area contributed by atoms with E-state index in [0.29, 0.717) is 18.2 Å². The summed E-state index contributed by atoms with van der Waals surface area (Å²) in [5.74, 6) is 0.315. The standard InChI is InChI=1S/C27H31ClN2O4S/c28-24-11-4-12-26(21-24)35(32,33)30-27(31)17-19-29-18-5-9-23-13-15-25(16-14-23)34-20-6-10-22-7-2-1-3-8-22/h1-4,7-8,11-16,21,29H,5-6,9-10,17-20H2,(H,30,31). The number of rotatable bonds is 14. The fourth-order valence-electron chi connectivity index (χ4n) is 3.50. The summed E-state index contributed by atoms with van der Waals surface area (Å²) in [6, 6.07) is 24.3. The van der Waals surface area contributed by atoms with Gasteiger partial charge in [0.15, 0.2) is 0 Å². The van der Waals surface area contributed by atoms with Crippen LogP contribution in [0.1, 0.15) is 30.4 Å². The van der Waals surface area contributed by atoms with E-state index in [9.17, 15) is 13.2 Å². The highest BCUT2D eigenvalue weighted by Crippen LogP contribution is 2.16. The smallest absolute Gasteiger partial charge is 0.264 e. The molecule has 0 aliphatic heterocycles. The number of aryl methyl sites for hydroxylation is 2. The van der Waals surface area contributed by atoms with Gasteiger partial charge in [0.1, 0.15) is 5.75 Å². The molecule has 1 amide bonds. The minimum absolute atomic E-state index is 0.0325. The van der Waals surface area contributed by atoms with Gasteiger partial charge in [-0.2, -0.15) is 0 Å². The zero-order valence-corrected chi connectivity index (χ0v) is 21.2. The zero-order chi connectivity index (χ0) is 24.9. The normalized spacial score (nSPS) is 11.2. The second kappa shape index (κ2) is 13.9. The molecule has 8 heteroatoms. The lowest BCUT2D eigenvalue weighted by Gasteiger charge is -2.09. The van der Waals surface area contributed by atoms with Crippen molar-refractivity contribution in [1.29, 1.82) is 0 Å². The lowest BCUT2D eigenvalue weighted by molar-refractivity contribution is -0.119. The van der Waals surface area contributed by atoms with Crippen molar-refractivity contribution in [3.63, 3.8) is 0 Å². The summed E-state index contributed by atoms with van der Waals surface area (Å²) >= 11 is 5.82. The van der Waals surface area contributed by atoms with Gasteiger partial charge in [-0.15, -0.1) is 0 Å². The molecule has 0 spiro atoms. The lowest BCUT2D eigenvalue weighted by Crippen LogP contribution is -2.33. The van der Waals surface area contributed by atoms with Gasteiger partial charge in [0, 0.05) is 18.0 Å². The summed E-state index contributed by atoms with van der Waals surface area (Å²) in [5, 5.41) is 3.47. The average molecular weight is 515 g/mol. The molecule has 3 aromatic carbocycles. The molecule has 0 unspecified atom stereocenters. The van der Waals surface area contributed by atoms with Crippen LogP contribution in [0.25, 0.3) is 0 Å². The molecule has 35 heavy (non-hydrogen) atoms. The molecule has 0 bridgehead atoms. The molecule has 0 aliphatic carbocycles. The molecule has 6 nitrogen and oxygen atoms in total. The number of ether oxygens (including phenoxy) is 1. The van der Waals surface area contributed by atoms with Gasteiger partial charge in [-0.1, -0.05) is 60.1 Å². The maximum atomic E-state index is 12.2. The Morgan fingerprint density at radius 2 is 1.54 bits per heavy atom. The van der Waals surface area contributed by atoms with Gasteiger partial charge < -0.3 is 10.1 Å². The summed E-state index contributed by atoms with van der Waals surface area (Å²) in [7, 11) is -3.91. The van der Waals surface area contributed by atoms with Crippen molar-refractivity contribution in [1.82, 2.24) is 10.0 Å². The van der Waals surface area contributed by atoms with Gasteiger partial charge in [0.05, 0.1) is 11.5 Å². The largest absolute Gasteiger partial charge is 0.494 e. The van der Waals surface area contributed by atoms with Crippen LogP contribution >= 0.6 is 11.6 Å². The molecule has 0 aliphatic rings. The van der Waals surface area contributed by atoms with Crippen molar-refractivity contribution in [2.24, 2.45) is 0 Å².